The van der Waals surface area contributed by atoms with Crippen molar-refractivity contribution in [1.82, 2.24) is 9.91 Å². The monoisotopic (exact) mass is 354 g/mol. The molecule has 2 aromatic carbocycles. The summed E-state index contributed by atoms with van der Waals surface area (Å²) in [6.07, 6.45) is 0. The Morgan fingerprint density at radius 1 is 0.885 bits per heavy atom. The van der Waals surface area contributed by atoms with Crippen molar-refractivity contribution >= 4 is 5.69 Å². The zero-order valence-electron chi connectivity index (χ0n) is 16.0. The van der Waals surface area contributed by atoms with Gasteiger partial charge in [-0.25, -0.2) is 0 Å². The van der Waals surface area contributed by atoms with Gasteiger partial charge in [0, 0.05) is 19.1 Å². The van der Waals surface area contributed by atoms with Gasteiger partial charge in [-0.1, -0.05) is 54.6 Å². The van der Waals surface area contributed by atoms with Gasteiger partial charge in [-0.2, -0.15) is 0 Å². The topological polar surface area (TPSA) is 51.4 Å². The molecule has 0 heterocycles. The fraction of sp³-hybridized carbons (Fsp3) is 0.429. The minimum Gasteiger partial charge on any atom is -0.395 e. The van der Waals surface area contributed by atoms with Crippen LogP contribution in [-0.4, -0.2) is 40.8 Å². The quantitative estimate of drug-likeness (QED) is 0.508. The molecular weight excluding hydrogens is 324 g/mol. The molecule has 5 nitrogen and oxygen atoms in total. The van der Waals surface area contributed by atoms with Crippen molar-refractivity contribution in [2.75, 3.05) is 19.7 Å². The van der Waals surface area contributed by atoms with E-state index < -0.39 is 0 Å². The summed E-state index contributed by atoms with van der Waals surface area (Å²) in [4.78, 5) is 2.25. The van der Waals surface area contributed by atoms with Gasteiger partial charge in [0.2, 0.25) is 0 Å². The molecule has 2 aromatic rings. The number of likely N-dealkylation sites (N-methyl/N-ethyl adjacent to an activating group) is 1. The SMILES string of the molecule is CCN(Cc1ccccc1)N=Nc1ccc(CN(CC)C(C)CO)cc1. The molecule has 0 aliphatic carbocycles. The molecule has 0 aliphatic rings. The van der Waals surface area contributed by atoms with Crippen molar-refractivity contribution < 1.29 is 5.11 Å². The maximum Gasteiger partial charge on any atom is 0.0874 e. The molecule has 26 heavy (non-hydrogen) atoms. The van der Waals surface area contributed by atoms with Crippen LogP contribution in [-0.2, 0) is 13.1 Å². The first kappa shape index (κ1) is 20.1. The summed E-state index contributed by atoms with van der Waals surface area (Å²) in [6.45, 7) is 9.70. The fourth-order valence-electron chi connectivity index (χ4n) is 2.71. The van der Waals surface area contributed by atoms with Gasteiger partial charge >= 0.3 is 0 Å². The highest BCUT2D eigenvalue weighted by Gasteiger charge is 2.11. The Morgan fingerprint density at radius 2 is 1.54 bits per heavy atom. The molecule has 1 unspecified atom stereocenters. The molecule has 0 radical (unpaired) electrons. The van der Waals surface area contributed by atoms with Gasteiger partial charge in [0.25, 0.3) is 0 Å². The van der Waals surface area contributed by atoms with E-state index in [0.29, 0.717) is 0 Å². The first-order valence-corrected chi connectivity index (χ1v) is 9.30. The molecule has 0 saturated carbocycles. The second-order valence-corrected chi connectivity index (χ2v) is 6.42. The van der Waals surface area contributed by atoms with E-state index in [1.165, 1.54) is 11.1 Å². The average molecular weight is 354 g/mol. The van der Waals surface area contributed by atoms with E-state index in [9.17, 15) is 5.11 Å². The fourth-order valence-corrected chi connectivity index (χ4v) is 2.71. The molecule has 140 valence electrons. The second kappa shape index (κ2) is 10.7. The van der Waals surface area contributed by atoms with Crippen LogP contribution in [0.3, 0.4) is 0 Å². The number of hydrogen-bond donors (Lipinski definition) is 1. The number of hydrogen-bond acceptors (Lipinski definition) is 4. The van der Waals surface area contributed by atoms with E-state index in [1.807, 2.05) is 42.3 Å². The molecule has 0 fully saturated rings. The summed E-state index contributed by atoms with van der Waals surface area (Å²) >= 11 is 0. The summed E-state index contributed by atoms with van der Waals surface area (Å²) in [5.74, 6) is 0. The third kappa shape index (κ3) is 6.24. The number of nitrogens with zero attached hydrogens (tertiary/aromatic N) is 4. The molecular formula is C21H30N4O. The third-order valence-electron chi connectivity index (χ3n) is 4.48. The molecule has 0 bridgehead atoms. The van der Waals surface area contributed by atoms with Gasteiger partial charge in [-0.15, -0.1) is 5.11 Å². The molecule has 0 amide bonds. The Morgan fingerprint density at radius 3 is 2.12 bits per heavy atom. The lowest BCUT2D eigenvalue weighted by Gasteiger charge is -2.26. The van der Waals surface area contributed by atoms with Crippen molar-refractivity contribution in [2.24, 2.45) is 10.3 Å². The van der Waals surface area contributed by atoms with Crippen molar-refractivity contribution in [3.63, 3.8) is 0 Å². The highest BCUT2D eigenvalue weighted by molar-refractivity contribution is 5.38. The van der Waals surface area contributed by atoms with Crippen molar-refractivity contribution in [2.45, 2.75) is 39.9 Å². The van der Waals surface area contributed by atoms with Crippen molar-refractivity contribution in [3.05, 3.63) is 65.7 Å². The van der Waals surface area contributed by atoms with Crippen LogP contribution < -0.4 is 0 Å². The van der Waals surface area contributed by atoms with Crippen LogP contribution in [0.1, 0.15) is 31.9 Å². The highest BCUT2D eigenvalue weighted by Crippen LogP contribution is 2.17. The smallest absolute Gasteiger partial charge is 0.0874 e. The minimum atomic E-state index is 0.162. The maximum atomic E-state index is 9.34. The van der Waals surface area contributed by atoms with E-state index in [4.69, 9.17) is 0 Å². The summed E-state index contributed by atoms with van der Waals surface area (Å²) in [7, 11) is 0. The summed E-state index contributed by atoms with van der Waals surface area (Å²) in [5, 5.41) is 20.0. The van der Waals surface area contributed by atoms with Gasteiger partial charge in [-0.3, -0.25) is 9.91 Å². The van der Waals surface area contributed by atoms with Crippen LogP contribution in [0.15, 0.2) is 64.9 Å². The van der Waals surface area contributed by atoms with E-state index >= 15 is 0 Å². The Hall–Kier alpha value is -2.24. The van der Waals surface area contributed by atoms with Crippen LogP contribution in [0.4, 0.5) is 5.69 Å². The Bertz CT molecular complexity index is 657. The molecule has 0 aromatic heterocycles. The Balaban J connectivity index is 1.95. The molecule has 1 N–H and O–H groups in total. The van der Waals surface area contributed by atoms with Crippen molar-refractivity contribution in [3.8, 4) is 0 Å². The van der Waals surface area contributed by atoms with Crippen LogP contribution in [0.2, 0.25) is 0 Å². The molecule has 1 atom stereocenters. The molecule has 2 rings (SSSR count). The summed E-state index contributed by atoms with van der Waals surface area (Å²) < 4.78 is 0. The molecule has 0 spiro atoms. The lowest BCUT2D eigenvalue weighted by molar-refractivity contribution is 0.133. The van der Waals surface area contributed by atoms with Gasteiger partial charge in [0.05, 0.1) is 18.8 Å². The minimum absolute atomic E-state index is 0.162. The zero-order valence-corrected chi connectivity index (χ0v) is 16.0. The van der Waals surface area contributed by atoms with Gasteiger partial charge in [0.1, 0.15) is 0 Å². The van der Waals surface area contributed by atoms with E-state index in [0.717, 1.165) is 31.9 Å². The van der Waals surface area contributed by atoms with Gasteiger partial charge in [-0.05, 0) is 43.7 Å². The first-order chi connectivity index (χ1) is 12.7. The highest BCUT2D eigenvalue weighted by atomic mass is 16.3. The Labute approximate surface area is 157 Å². The van der Waals surface area contributed by atoms with Crippen LogP contribution >= 0.6 is 0 Å². The lowest BCUT2D eigenvalue weighted by atomic mass is 10.1. The predicted molar refractivity (Wildman–Crippen MR) is 106 cm³/mol. The third-order valence-corrected chi connectivity index (χ3v) is 4.48. The zero-order chi connectivity index (χ0) is 18.8. The van der Waals surface area contributed by atoms with E-state index in [-0.39, 0.29) is 12.6 Å². The number of aliphatic hydroxyl groups excluding tert-OH is 1. The summed E-state index contributed by atoms with van der Waals surface area (Å²) in [6, 6.07) is 18.6. The Kier molecular flexibility index (Phi) is 8.25. The molecule has 5 heteroatoms. The molecule has 0 saturated heterocycles. The van der Waals surface area contributed by atoms with Gasteiger partial charge < -0.3 is 5.11 Å². The average Bonchev–Trinajstić information content (AvgIpc) is 2.70. The largest absolute Gasteiger partial charge is 0.395 e. The van der Waals surface area contributed by atoms with Crippen LogP contribution in [0.25, 0.3) is 0 Å². The van der Waals surface area contributed by atoms with Gasteiger partial charge in [0.15, 0.2) is 0 Å². The normalized spacial score (nSPS) is 12.7. The lowest BCUT2D eigenvalue weighted by Crippen LogP contribution is -2.34. The van der Waals surface area contributed by atoms with Crippen LogP contribution in [0.5, 0.6) is 0 Å². The predicted octanol–water partition coefficient (Wildman–Crippen LogP) is 4.41. The van der Waals surface area contributed by atoms with Crippen LogP contribution in [0, 0.1) is 0 Å². The standard InChI is InChI=1S/C21H30N4O/c1-4-24(18(3)17-26)15-20-11-13-21(14-12-20)22-23-25(5-2)16-19-9-7-6-8-10-19/h6-14,18,26H,4-5,15-17H2,1-3H3. The number of aliphatic hydroxyl groups is 1. The second-order valence-electron chi connectivity index (χ2n) is 6.42. The summed E-state index contributed by atoms with van der Waals surface area (Å²) in [5.41, 5.74) is 3.28. The van der Waals surface area contributed by atoms with E-state index in [1.54, 1.807) is 0 Å². The molecule has 0 aliphatic heterocycles. The van der Waals surface area contributed by atoms with E-state index in [2.05, 4.69) is 53.4 Å². The maximum absolute atomic E-state index is 9.34. The first-order valence-electron chi connectivity index (χ1n) is 9.30. The number of benzene rings is 2. The van der Waals surface area contributed by atoms with Crippen molar-refractivity contribution in [1.29, 1.82) is 0 Å². The number of rotatable bonds is 10.